The van der Waals surface area contributed by atoms with Crippen LogP contribution in [0.15, 0.2) is 24.3 Å². The molecule has 0 N–H and O–H groups in total. The molecular formula is C16H19NO2. The fraction of sp³-hybridized carbons (Fsp3) is 0.500. The third-order valence-corrected chi connectivity index (χ3v) is 3.68. The van der Waals surface area contributed by atoms with Crippen LogP contribution in [-0.2, 0) is 11.2 Å². The van der Waals surface area contributed by atoms with E-state index in [-0.39, 0.29) is 12.1 Å². The molecule has 0 aromatic heterocycles. The standard InChI is InChI=1S/C16H19NO2/c1-12-5-7-15(8-6-12)19-16(18)14-4-2-3-13(11-14)9-10-17/h2-4,11-12,15H,5-9H2,1H3. The molecule has 3 heteroatoms. The van der Waals surface area contributed by atoms with Crippen LogP contribution in [0.3, 0.4) is 0 Å². The molecule has 0 saturated heterocycles. The summed E-state index contributed by atoms with van der Waals surface area (Å²) in [5.74, 6) is 0.480. The van der Waals surface area contributed by atoms with E-state index >= 15 is 0 Å². The van der Waals surface area contributed by atoms with Crippen LogP contribution in [0.1, 0.15) is 48.5 Å². The number of rotatable bonds is 3. The Morgan fingerprint density at radius 1 is 1.37 bits per heavy atom. The van der Waals surface area contributed by atoms with Gasteiger partial charge < -0.3 is 4.74 Å². The van der Waals surface area contributed by atoms with Crippen molar-refractivity contribution in [2.45, 2.75) is 45.1 Å². The van der Waals surface area contributed by atoms with Crippen LogP contribution in [0, 0.1) is 17.2 Å². The maximum absolute atomic E-state index is 12.0. The van der Waals surface area contributed by atoms with Crippen molar-refractivity contribution in [3.63, 3.8) is 0 Å². The number of hydrogen-bond acceptors (Lipinski definition) is 3. The first-order valence-electron chi connectivity index (χ1n) is 6.86. The predicted molar refractivity (Wildman–Crippen MR) is 72.6 cm³/mol. The number of esters is 1. The van der Waals surface area contributed by atoms with Gasteiger partial charge in [0.2, 0.25) is 0 Å². The normalized spacial score (nSPS) is 22.5. The highest BCUT2D eigenvalue weighted by molar-refractivity contribution is 5.89. The van der Waals surface area contributed by atoms with Crippen LogP contribution in [0.25, 0.3) is 0 Å². The highest BCUT2D eigenvalue weighted by Gasteiger charge is 2.22. The zero-order chi connectivity index (χ0) is 13.7. The number of ether oxygens (including phenoxy) is 1. The predicted octanol–water partition coefficient (Wildman–Crippen LogP) is 3.49. The molecule has 100 valence electrons. The molecule has 0 spiro atoms. The molecule has 2 rings (SSSR count). The van der Waals surface area contributed by atoms with Gasteiger partial charge >= 0.3 is 5.97 Å². The van der Waals surface area contributed by atoms with Gasteiger partial charge in [-0.2, -0.15) is 5.26 Å². The van der Waals surface area contributed by atoms with Crippen molar-refractivity contribution in [1.82, 2.24) is 0 Å². The first kappa shape index (κ1) is 13.6. The summed E-state index contributed by atoms with van der Waals surface area (Å²) in [7, 11) is 0. The Morgan fingerprint density at radius 2 is 2.11 bits per heavy atom. The number of nitrogens with zero attached hydrogens (tertiary/aromatic N) is 1. The van der Waals surface area contributed by atoms with Gasteiger partial charge in [-0.25, -0.2) is 4.79 Å². The lowest BCUT2D eigenvalue weighted by Gasteiger charge is -2.26. The Balaban J connectivity index is 1.96. The van der Waals surface area contributed by atoms with E-state index in [9.17, 15) is 4.79 Å². The van der Waals surface area contributed by atoms with Gasteiger partial charge in [0.15, 0.2) is 0 Å². The van der Waals surface area contributed by atoms with E-state index in [0.717, 1.165) is 37.2 Å². The van der Waals surface area contributed by atoms with E-state index in [4.69, 9.17) is 10.00 Å². The van der Waals surface area contributed by atoms with Gasteiger partial charge in [-0.1, -0.05) is 19.1 Å². The van der Waals surface area contributed by atoms with E-state index in [1.54, 1.807) is 18.2 Å². The monoisotopic (exact) mass is 257 g/mol. The van der Waals surface area contributed by atoms with Crippen LogP contribution in [0.5, 0.6) is 0 Å². The van der Waals surface area contributed by atoms with Crippen molar-refractivity contribution in [2.75, 3.05) is 0 Å². The van der Waals surface area contributed by atoms with Crippen LogP contribution in [0.4, 0.5) is 0 Å². The molecule has 0 bridgehead atoms. The first-order chi connectivity index (χ1) is 9.19. The molecule has 0 aliphatic heterocycles. The largest absolute Gasteiger partial charge is 0.459 e. The molecule has 19 heavy (non-hydrogen) atoms. The lowest BCUT2D eigenvalue weighted by molar-refractivity contribution is 0.0173. The lowest BCUT2D eigenvalue weighted by Crippen LogP contribution is -2.23. The molecule has 1 aromatic rings. The van der Waals surface area contributed by atoms with Gasteiger partial charge in [0.1, 0.15) is 6.10 Å². The van der Waals surface area contributed by atoms with Gasteiger partial charge in [0.25, 0.3) is 0 Å². The molecule has 0 atom stereocenters. The van der Waals surface area contributed by atoms with Gasteiger partial charge in [0.05, 0.1) is 18.1 Å². The number of hydrogen-bond donors (Lipinski definition) is 0. The van der Waals surface area contributed by atoms with E-state index in [2.05, 4.69) is 13.0 Å². The van der Waals surface area contributed by atoms with Crippen LogP contribution in [0.2, 0.25) is 0 Å². The van der Waals surface area contributed by atoms with Crippen LogP contribution >= 0.6 is 0 Å². The molecule has 3 nitrogen and oxygen atoms in total. The second-order valence-corrected chi connectivity index (χ2v) is 5.32. The van der Waals surface area contributed by atoms with Crippen molar-refractivity contribution < 1.29 is 9.53 Å². The lowest BCUT2D eigenvalue weighted by atomic mass is 9.89. The Morgan fingerprint density at radius 3 is 2.79 bits per heavy atom. The summed E-state index contributed by atoms with van der Waals surface area (Å²) in [6.45, 7) is 2.24. The summed E-state index contributed by atoms with van der Waals surface area (Å²) in [6.07, 6.45) is 4.57. The fourth-order valence-corrected chi connectivity index (χ4v) is 2.47. The molecule has 1 aliphatic carbocycles. The first-order valence-corrected chi connectivity index (χ1v) is 6.86. The Labute approximate surface area is 114 Å². The molecule has 1 aromatic carbocycles. The summed E-state index contributed by atoms with van der Waals surface area (Å²) in [5, 5.41) is 8.67. The SMILES string of the molecule is CC1CCC(OC(=O)c2cccc(CC#N)c2)CC1. The van der Waals surface area contributed by atoms with E-state index in [1.807, 2.05) is 6.07 Å². The highest BCUT2D eigenvalue weighted by Crippen LogP contribution is 2.26. The van der Waals surface area contributed by atoms with Crippen molar-refractivity contribution in [3.05, 3.63) is 35.4 Å². The van der Waals surface area contributed by atoms with Gasteiger partial charge in [-0.05, 0) is 49.3 Å². The number of carbonyl (C=O) groups is 1. The fourth-order valence-electron chi connectivity index (χ4n) is 2.47. The minimum atomic E-state index is -0.264. The number of carbonyl (C=O) groups excluding carboxylic acids is 1. The molecule has 0 amide bonds. The zero-order valence-electron chi connectivity index (χ0n) is 11.3. The minimum absolute atomic E-state index is 0.0586. The van der Waals surface area contributed by atoms with E-state index in [1.165, 1.54) is 0 Å². The Kier molecular flexibility index (Phi) is 4.57. The third-order valence-electron chi connectivity index (χ3n) is 3.68. The zero-order valence-corrected chi connectivity index (χ0v) is 11.3. The molecule has 0 heterocycles. The molecule has 0 unspecified atom stereocenters. The summed E-state index contributed by atoms with van der Waals surface area (Å²) < 4.78 is 5.54. The van der Waals surface area contributed by atoms with Gasteiger partial charge in [-0.15, -0.1) is 0 Å². The van der Waals surface area contributed by atoms with Crippen molar-refractivity contribution in [3.8, 4) is 6.07 Å². The summed E-state index contributed by atoms with van der Waals surface area (Å²) in [6, 6.07) is 9.22. The van der Waals surface area contributed by atoms with Gasteiger partial charge in [0, 0.05) is 0 Å². The third kappa shape index (κ3) is 3.82. The summed E-state index contributed by atoms with van der Waals surface area (Å²) in [5.41, 5.74) is 1.40. The summed E-state index contributed by atoms with van der Waals surface area (Å²) in [4.78, 5) is 12.0. The smallest absolute Gasteiger partial charge is 0.338 e. The molecule has 1 fully saturated rings. The van der Waals surface area contributed by atoms with E-state index in [0.29, 0.717) is 12.0 Å². The quantitative estimate of drug-likeness (QED) is 0.779. The van der Waals surface area contributed by atoms with Crippen molar-refractivity contribution >= 4 is 5.97 Å². The van der Waals surface area contributed by atoms with Crippen LogP contribution in [-0.4, -0.2) is 12.1 Å². The molecular weight excluding hydrogens is 238 g/mol. The van der Waals surface area contributed by atoms with Crippen LogP contribution < -0.4 is 0 Å². The number of nitriles is 1. The van der Waals surface area contributed by atoms with Crippen molar-refractivity contribution in [2.24, 2.45) is 5.92 Å². The topological polar surface area (TPSA) is 50.1 Å². The molecule has 1 saturated carbocycles. The summed E-state index contributed by atoms with van der Waals surface area (Å²) >= 11 is 0. The maximum Gasteiger partial charge on any atom is 0.338 e. The number of benzene rings is 1. The second-order valence-electron chi connectivity index (χ2n) is 5.32. The Bertz CT molecular complexity index is 482. The Hall–Kier alpha value is -1.82. The highest BCUT2D eigenvalue weighted by atomic mass is 16.5. The molecule has 1 aliphatic rings. The van der Waals surface area contributed by atoms with E-state index < -0.39 is 0 Å². The molecule has 0 radical (unpaired) electrons. The van der Waals surface area contributed by atoms with Gasteiger partial charge in [-0.3, -0.25) is 0 Å². The maximum atomic E-state index is 12.0. The average Bonchev–Trinajstić information content (AvgIpc) is 2.42. The van der Waals surface area contributed by atoms with Crippen molar-refractivity contribution in [1.29, 1.82) is 5.26 Å². The second kappa shape index (κ2) is 6.38. The minimum Gasteiger partial charge on any atom is -0.459 e. The average molecular weight is 257 g/mol.